The largest absolute Gasteiger partial charge is 0.309 e. The van der Waals surface area contributed by atoms with Gasteiger partial charge in [-0.1, -0.05) is 98.8 Å². The SMILES string of the molecule is CC.c1ccc(N2c3ccccc3-n3c4ccccc4c4cc(-n5c6ccccc6c6ccccc65)cc2c43)cc1. The highest BCUT2D eigenvalue weighted by atomic mass is 15.2. The summed E-state index contributed by atoms with van der Waals surface area (Å²) in [6, 6.07) is 50.5. The summed E-state index contributed by atoms with van der Waals surface area (Å²) >= 11 is 0. The maximum Gasteiger partial charge on any atom is 0.0784 e. The van der Waals surface area contributed by atoms with E-state index < -0.39 is 0 Å². The van der Waals surface area contributed by atoms with Crippen molar-refractivity contribution in [1.29, 1.82) is 0 Å². The Balaban J connectivity index is 0.00000125. The second-order valence-corrected chi connectivity index (χ2v) is 10.2. The highest BCUT2D eigenvalue weighted by molar-refractivity contribution is 6.18. The summed E-state index contributed by atoms with van der Waals surface area (Å²) < 4.78 is 4.88. The van der Waals surface area contributed by atoms with Crippen molar-refractivity contribution in [3.63, 3.8) is 0 Å². The van der Waals surface area contributed by atoms with Crippen LogP contribution in [0, 0.1) is 0 Å². The molecule has 6 aromatic carbocycles. The summed E-state index contributed by atoms with van der Waals surface area (Å²) in [5.74, 6) is 0. The van der Waals surface area contributed by atoms with Crippen LogP contribution in [0.2, 0.25) is 0 Å². The van der Waals surface area contributed by atoms with Crippen molar-refractivity contribution >= 4 is 60.7 Å². The quantitative estimate of drug-likeness (QED) is 0.218. The molecule has 0 atom stereocenters. The van der Waals surface area contributed by atoms with Crippen molar-refractivity contribution in [1.82, 2.24) is 9.13 Å². The zero-order chi connectivity index (χ0) is 27.5. The molecule has 1 aliphatic rings. The maximum atomic E-state index is 2.45. The van der Waals surface area contributed by atoms with E-state index in [0.717, 1.165) is 11.4 Å². The molecule has 0 spiro atoms. The molecule has 0 radical (unpaired) electrons. The Bertz CT molecular complexity index is 2180. The van der Waals surface area contributed by atoms with E-state index >= 15 is 0 Å². The Morgan fingerprint density at radius 3 is 1.49 bits per heavy atom. The van der Waals surface area contributed by atoms with Crippen molar-refractivity contribution < 1.29 is 0 Å². The molecular formula is C38H29N3. The number of nitrogens with zero attached hydrogens (tertiary/aromatic N) is 3. The van der Waals surface area contributed by atoms with Gasteiger partial charge in [0.05, 0.1) is 39.1 Å². The van der Waals surface area contributed by atoms with Crippen molar-refractivity contribution in [3.8, 4) is 11.4 Å². The lowest BCUT2D eigenvalue weighted by molar-refractivity contribution is 1.10. The second-order valence-electron chi connectivity index (χ2n) is 10.2. The summed E-state index contributed by atoms with van der Waals surface area (Å²) in [5.41, 5.74) is 10.8. The summed E-state index contributed by atoms with van der Waals surface area (Å²) in [6.07, 6.45) is 0. The molecule has 0 amide bonds. The third-order valence-electron chi connectivity index (χ3n) is 8.19. The van der Waals surface area contributed by atoms with Crippen LogP contribution in [0.25, 0.3) is 55.0 Å². The number of aromatic nitrogens is 2. The van der Waals surface area contributed by atoms with Crippen LogP contribution in [-0.4, -0.2) is 9.13 Å². The van der Waals surface area contributed by atoms with Crippen molar-refractivity contribution in [2.45, 2.75) is 13.8 Å². The number of benzene rings is 6. The Hall–Kier alpha value is -5.28. The minimum absolute atomic E-state index is 1.15. The smallest absolute Gasteiger partial charge is 0.0784 e. The predicted octanol–water partition coefficient (Wildman–Crippen LogP) is 10.7. The van der Waals surface area contributed by atoms with Crippen molar-refractivity contribution in [2.24, 2.45) is 0 Å². The van der Waals surface area contributed by atoms with Gasteiger partial charge in [-0.3, -0.25) is 0 Å². The highest BCUT2D eigenvalue weighted by Gasteiger charge is 2.29. The molecular weight excluding hydrogens is 498 g/mol. The lowest BCUT2D eigenvalue weighted by Gasteiger charge is -2.33. The fraction of sp³-hybridized carbons (Fsp3) is 0.0526. The summed E-state index contributed by atoms with van der Waals surface area (Å²) in [5, 5.41) is 5.07. The van der Waals surface area contributed by atoms with Gasteiger partial charge in [-0.05, 0) is 54.6 Å². The van der Waals surface area contributed by atoms with Gasteiger partial charge in [0.2, 0.25) is 0 Å². The molecule has 0 saturated carbocycles. The van der Waals surface area contributed by atoms with E-state index in [2.05, 4.69) is 154 Å². The van der Waals surface area contributed by atoms with Crippen molar-refractivity contribution in [2.75, 3.05) is 4.90 Å². The Morgan fingerprint density at radius 1 is 0.366 bits per heavy atom. The first-order valence-electron chi connectivity index (χ1n) is 14.4. The normalized spacial score (nSPS) is 12.1. The molecule has 0 aliphatic carbocycles. The van der Waals surface area contributed by atoms with Gasteiger partial charge in [0.25, 0.3) is 0 Å². The molecule has 0 unspecified atom stereocenters. The van der Waals surface area contributed by atoms with Gasteiger partial charge in [0, 0.05) is 32.9 Å². The number of hydrogen-bond acceptors (Lipinski definition) is 1. The van der Waals surface area contributed by atoms with E-state index in [1.807, 2.05) is 13.8 Å². The standard InChI is InChI=1S/C36H23N3.C2H6/c1-2-12-24(13-3-1)37-33-20-10-11-21-34(33)39-32-19-9-6-16-28(32)29-22-25(23-35(37)36(29)39)38-30-17-7-4-14-26(30)27-15-5-8-18-31(27)38;1-2/h1-23H;1-2H3. The topological polar surface area (TPSA) is 13.1 Å². The average molecular weight is 528 g/mol. The van der Waals surface area contributed by atoms with Crippen LogP contribution in [0.4, 0.5) is 17.1 Å². The molecule has 0 fully saturated rings. The van der Waals surface area contributed by atoms with Gasteiger partial charge in [-0.25, -0.2) is 0 Å². The molecule has 196 valence electrons. The fourth-order valence-corrected chi connectivity index (χ4v) is 6.64. The zero-order valence-corrected chi connectivity index (χ0v) is 23.1. The molecule has 9 rings (SSSR count). The molecule has 8 aromatic rings. The number of hydrogen-bond donors (Lipinski definition) is 0. The molecule has 0 bridgehead atoms. The average Bonchev–Trinajstić information content (AvgIpc) is 3.57. The van der Waals surface area contributed by atoms with Crippen LogP contribution in [0.15, 0.2) is 140 Å². The number of anilines is 3. The van der Waals surface area contributed by atoms with Gasteiger partial charge in [-0.2, -0.15) is 0 Å². The molecule has 3 heteroatoms. The monoisotopic (exact) mass is 527 g/mol. The number of rotatable bonds is 2. The van der Waals surface area contributed by atoms with Gasteiger partial charge in [0.1, 0.15) is 0 Å². The molecule has 0 saturated heterocycles. The van der Waals surface area contributed by atoms with Crippen LogP contribution >= 0.6 is 0 Å². The number of para-hydroxylation sites is 6. The molecule has 0 N–H and O–H groups in total. The van der Waals surface area contributed by atoms with Crippen LogP contribution in [-0.2, 0) is 0 Å². The van der Waals surface area contributed by atoms with E-state index in [1.54, 1.807) is 0 Å². The maximum absolute atomic E-state index is 2.45. The van der Waals surface area contributed by atoms with Gasteiger partial charge < -0.3 is 14.0 Å². The number of fused-ring (bicyclic) bond motifs is 8. The first kappa shape index (κ1) is 23.6. The van der Waals surface area contributed by atoms with Gasteiger partial charge in [-0.15, -0.1) is 0 Å². The lowest BCUT2D eigenvalue weighted by atomic mass is 10.1. The van der Waals surface area contributed by atoms with E-state index in [-0.39, 0.29) is 0 Å². The summed E-state index contributed by atoms with van der Waals surface area (Å²) in [7, 11) is 0. The molecule has 3 nitrogen and oxygen atoms in total. The molecule has 3 heterocycles. The van der Waals surface area contributed by atoms with Gasteiger partial charge >= 0.3 is 0 Å². The Kier molecular flexibility index (Phi) is 5.26. The first-order valence-corrected chi connectivity index (χ1v) is 14.4. The van der Waals surface area contributed by atoms with E-state index in [0.29, 0.717) is 0 Å². The van der Waals surface area contributed by atoms with Crippen LogP contribution in [0.3, 0.4) is 0 Å². The fourth-order valence-electron chi connectivity index (χ4n) is 6.64. The zero-order valence-electron chi connectivity index (χ0n) is 23.1. The molecule has 41 heavy (non-hydrogen) atoms. The third-order valence-corrected chi connectivity index (χ3v) is 8.19. The first-order chi connectivity index (χ1) is 20.4. The lowest BCUT2D eigenvalue weighted by Crippen LogP contribution is -2.18. The van der Waals surface area contributed by atoms with Crippen LogP contribution < -0.4 is 4.90 Å². The Labute approximate surface area is 239 Å². The predicted molar refractivity (Wildman–Crippen MR) is 175 cm³/mol. The van der Waals surface area contributed by atoms with Crippen LogP contribution in [0.5, 0.6) is 0 Å². The Morgan fingerprint density at radius 2 is 0.854 bits per heavy atom. The van der Waals surface area contributed by atoms with E-state index in [9.17, 15) is 0 Å². The highest BCUT2D eigenvalue weighted by Crippen LogP contribution is 2.50. The summed E-state index contributed by atoms with van der Waals surface area (Å²) in [4.78, 5) is 2.42. The molecule has 2 aromatic heterocycles. The van der Waals surface area contributed by atoms with Crippen LogP contribution in [0.1, 0.15) is 13.8 Å². The van der Waals surface area contributed by atoms with Gasteiger partial charge in [0.15, 0.2) is 0 Å². The van der Waals surface area contributed by atoms with E-state index in [4.69, 9.17) is 0 Å². The third kappa shape index (κ3) is 3.26. The van der Waals surface area contributed by atoms with Crippen molar-refractivity contribution in [3.05, 3.63) is 140 Å². The summed E-state index contributed by atoms with van der Waals surface area (Å²) in [6.45, 7) is 4.00. The molecule has 1 aliphatic heterocycles. The van der Waals surface area contributed by atoms with E-state index in [1.165, 1.54) is 60.7 Å². The minimum atomic E-state index is 1.15. The second kappa shape index (κ2) is 9.14. The minimum Gasteiger partial charge on any atom is -0.309 e.